The van der Waals surface area contributed by atoms with E-state index in [2.05, 4.69) is 16.2 Å². The van der Waals surface area contributed by atoms with E-state index < -0.39 is 0 Å². The zero-order valence-corrected chi connectivity index (χ0v) is 9.45. The average Bonchev–Trinajstić information content (AvgIpc) is 2.25. The summed E-state index contributed by atoms with van der Waals surface area (Å²) in [4.78, 5) is 15.7. The van der Waals surface area contributed by atoms with Crippen molar-refractivity contribution in [3.63, 3.8) is 0 Å². The minimum absolute atomic E-state index is 0.217. The Balaban J connectivity index is 3.12. The van der Waals surface area contributed by atoms with E-state index in [0.29, 0.717) is 11.5 Å². The highest BCUT2D eigenvalue weighted by molar-refractivity contribution is 5.97. The molecule has 0 saturated heterocycles. The predicted octanol–water partition coefficient (Wildman–Crippen LogP) is 0.921. The van der Waals surface area contributed by atoms with Gasteiger partial charge in [0.25, 0.3) is 5.91 Å². The number of nitrogens with one attached hydrogen (secondary N) is 1. The smallest absolute Gasteiger partial charge is 0.275 e. The lowest BCUT2D eigenvalue weighted by molar-refractivity contribution is -0.117. The number of allylic oxidation sites excluding steroid dienone is 2. The molecule has 0 bridgehead atoms. The summed E-state index contributed by atoms with van der Waals surface area (Å²) >= 11 is 0. The molecule has 0 aromatic heterocycles. The number of amides is 1. The highest BCUT2D eigenvalue weighted by Crippen LogP contribution is 2.21. The molecule has 16 heavy (non-hydrogen) atoms. The van der Waals surface area contributed by atoms with Gasteiger partial charge >= 0.3 is 0 Å². The van der Waals surface area contributed by atoms with Gasteiger partial charge in [0, 0.05) is 0 Å². The fraction of sp³-hybridized carbons (Fsp3) is 0.333. The Hall–Kier alpha value is -2.02. The van der Waals surface area contributed by atoms with Crippen molar-refractivity contribution < 1.29 is 4.79 Å². The summed E-state index contributed by atoms with van der Waals surface area (Å²) in [5.74, 6) is 2.53. The number of nitrogens with two attached hydrogens (primary N) is 1. The van der Waals surface area contributed by atoms with Gasteiger partial charge in [-0.1, -0.05) is 12.8 Å². The average molecular weight is 217 g/mol. The van der Waals surface area contributed by atoms with Crippen molar-refractivity contribution in [1.29, 1.82) is 0 Å². The molecular weight excluding hydrogens is 202 g/mol. The van der Waals surface area contributed by atoms with Crippen LogP contribution in [0.15, 0.2) is 28.2 Å². The molecule has 3 N–H and O–H groups in total. The SMILES string of the molecule is C#CC=N/C1=C(\C)C(C)C/C=C(\N)NC1=O. The van der Waals surface area contributed by atoms with Crippen LogP contribution in [0.2, 0.25) is 0 Å². The van der Waals surface area contributed by atoms with Crippen molar-refractivity contribution in [2.75, 3.05) is 0 Å². The molecule has 1 atom stereocenters. The second-order valence-corrected chi connectivity index (χ2v) is 3.71. The van der Waals surface area contributed by atoms with Crippen molar-refractivity contribution in [2.45, 2.75) is 20.3 Å². The zero-order chi connectivity index (χ0) is 12.1. The molecule has 0 saturated carbocycles. The van der Waals surface area contributed by atoms with Gasteiger partial charge < -0.3 is 11.1 Å². The quantitative estimate of drug-likeness (QED) is 0.506. The first-order valence-corrected chi connectivity index (χ1v) is 5.02. The molecule has 4 nitrogen and oxygen atoms in total. The minimum atomic E-state index is -0.315. The van der Waals surface area contributed by atoms with Gasteiger partial charge in [0.2, 0.25) is 0 Å². The molecule has 84 valence electrons. The van der Waals surface area contributed by atoms with Gasteiger partial charge in [-0.25, -0.2) is 4.99 Å². The number of aliphatic imine (C=N–C) groups is 1. The van der Waals surface area contributed by atoms with Crippen molar-refractivity contribution in [2.24, 2.45) is 16.6 Å². The van der Waals surface area contributed by atoms with Gasteiger partial charge in [0.15, 0.2) is 0 Å². The number of hydrogen-bond donors (Lipinski definition) is 2. The van der Waals surface area contributed by atoms with E-state index in [1.165, 1.54) is 6.21 Å². The first-order chi connectivity index (χ1) is 7.56. The van der Waals surface area contributed by atoms with Crippen LogP contribution in [0.1, 0.15) is 20.3 Å². The Labute approximate surface area is 95.3 Å². The molecule has 0 aromatic carbocycles. The largest absolute Gasteiger partial charge is 0.385 e. The lowest BCUT2D eigenvalue weighted by atomic mass is 9.95. The van der Waals surface area contributed by atoms with Crippen LogP contribution >= 0.6 is 0 Å². The Morgan fingerprint density at radius 3 is 3.06 bits per heavy atom. The van der Waals surface area contributed by atoms with E-state index in [-0.39, 0.29) is 11.8 Å². The number of terminal acetylenes is 1. The van der Waals surface area contributed by atoms with Crippen molar-refractivity contribution >= 4 is 12.1 Å². The van der Waals surface area contributed by atoms with Gasteiger partial charge in [0.05, 0.1) is 12.0 Å². The van der Waals surface area contributed by atoms with Crippen LogP contribution in [0.4, 0.5) is 0 Å². The standard InChI is InChI=1S/C12H15N3O/c1-4-7-14-11-9(3)8(2)5-6-10(13)15-12(11)16/h1,6-8H,5,13H2,2-3H3,(H,15,16)/b10-6+,11-9+,14-7?. The Kier molecular flexibility index (Phi) is 3.90. The second-order valence-electron chi connectivity index (χ2n) is 3.71. The lowest BCUT2D eigenvalue weighted by Gasteiger charge is -2.17. The Morgan fingerprint density at radius 2 is 2.44 bits per heavy atom. The van der Waals surface area contributed by atoms with Gasteiger partial charge in [0.1, 0.15) is 5.70 Å². The normalized spacial score (nSPS) is 29.9. The van der Waals surface area contributed by atoms with Gasteiger partial charge in [-0.05, 0) is 30.9 Å². The molecule has 4 heteroatoms. The molecule has 1 amide bonds. The number of carbonyl (C=O) groups excluding carboxylic acids is 1. The molecule has 0 radical (unpaired) electrons. The zero-order valence-electron chi connectivity index (χ0n) is 9.45. The fourth-order valence-corrected chi connectivity index (χ4v) is 1.40. The van der Waals surface area contributed by atoms with E-state index in [1.807, 2.05) is 13.8 Å². The van der Waals surface area contributed by atoms with Gasteiger partial charge in [-0.2, -0.15) is 0 Å². The van der Waals surface area contributed by atoms with Crippen LogP contribution < -0.4 is 11.1 Å². The monoisotopic (exact) mass is 217 g/mol. The third kappa shape index (κ3) is 2.74. The minimum Gasteiger partial charge on any atom is -0.385 e. The summed E-state index contributed by atoms with van der Waals surface area (Å²) in [5.41, 5.74) is 6.87. The number of rotatable bonds is 1. The molecule has 0 fully saturated rings. The fourth-order valence-electron chi connectivity index (χ4n) is 1.40. The van der Waals surface area contributed by atoms with Crippen LogP contribution in [-0.4, -0.2) is 12.1 Å². The molecule has 0 spiro atoms. The van der Waals surface area contributed by atoms with Gasteiger partial charge in [-0.15, -0.1) is 6.42 Å². The van der Waals surface area contributed by atoms with Crippen molar-refractivity contribution in [3.05, 3.63) is 23.2 Å². The molecule has 1 rings (SSSR count). The topological polar surface area (TPSA) is 67.5 Å². The summed E-state index contributed by atoms with van der Waals surface area (Å²) in [6.45, 7) is 3.89. The van der Waals surface area contributed by atoms with E-state index in [0.717, 1.165) is 12.0 Å². The number of carbonyl (C=O) groups is 1. The van der Waals surface area contributed by atoms with E-state index in [4.69, 9.17) is 12.2 Å². The molecule has 1 unspecified atom stereocenters. The number of hydrogen-bond acceptors (Lipinski definition) is 3. The van der Waals surface area contributed by atoms with Crippen molar-refractivity contribution in [3.8, 4) is 12.3 Å². The first kappa shape index (κ1) is 12.1. The maximum Gasteiger partial charge on any atom is 0.275 e. The first-order valence-electron chi connectivity index (χ1n) is 5.02. The predicted molar refractivity (Wildman–Crippen MR) is 64.2 cm³/mol. The summed E-state index contributed by atoms with van der Waals surface area (Å²) < 4.78 is 0. The van der Waals surface area contributed by atoms with Crippen LogP contribution in [-0.2, 0) is 4.79 Å². The van der Waals surface area contributed by atoms with Crippen LogP contribution in [0.25, 0.3) is 0 Å². The molecule has 1 heterocycles. The highest BCUT2D eigenvalue weighted by atomic mass is 16.2. The summed E-state index contributed by atoms with van der Waals surface area (Å²) in [6.07, 6.45) is 8.92. The van der Waals surface area contributed by atoms with E-state index in [1.54, 1.807) is 6.08 Å². The van der Waals surface area contributed by atoms with Crippen LogP contribution in [0.3, 0.4) is 0 Å². The van der Waals surface area contributed by atoms with Crippen molar-refractivity contribution in [1.82, 2.24) is 5.32 Å². The summed E-state index contributed by atoms with van der Waals surface area (Å²) in [5, 5.41) is 2.55. The maximum atomic E-state index is 11.8. The van der Waals surface area contributed by atoms with Crippen LogP contribution in [0, 0.1) is 18.3 Å². The van der Waals surface area contributed by atoms with Gasteiger partial charge in [-0.3, -0.25) is 4.79 Å². The Bertz CT molecular complexity index is 424. The molecular formula is C12H15N3O. The van der Waals surface area contributed by atoms with Crippen LogP contribution in [0.5, 0.6) is 0 Å². The molecule has 1 aliphatic heterocycles. The third-order valence-electron chi connectivity index (χ3n) is 2.55. The molecule has 0 aliphatic carbocycles. The van der Waals surface area contributed by atoms with E-state index in [9.17, 15) is 4.79 Å². The maximum absolute atomic E-state index is 11.8. The molecule has 1 aliphatic rings. The Morgan fingerprint density at radius 1 is 1.75 bits per heavy atom. The summed E-state index contributed by atoms with van der Waals surface area (Å²) in [6, 6.07) is 0. The molecule has 0 aromatic rings. The summed E-state index contributed by atoms with van der Waals surface area (Å²) in [7, 11) is 0. The second kappa shape index (κ2) is 5.17. The van der Waals surface area contributed by atoms with E-state index >= 15 is 0 Å². The highest BCUT2D eigenvalue weighted by Gasteiger charge is 2.18. The number of nitrogens with zero attached hydrogens (tertiary/aromatic N) is 1. The third-order valence-corrected chi connectivity index (χ3v) is 2.55. The lowest BCUT2D eigenvalue weighted by Crippen LogP contribution is -2.30.